The van der Waals surface area contributed by atoms with E-state index in [1.54, 1.807) is 49.1 Å². The van der Waals surface area contributed by atoms with Crippen LogP contribution in [0.4, 0.5) is 0 Å². The number of benzene rings is 2. The van der Waals surface area contributed by atoms with E-state index in [2.05, 4.69) is 32.2 Å². The van der Waals surface area contributed by atoms with Crippen LogP contribution in [0.3, 0.4) is 0 Å². The van der Waals surface area contributed by atoms with E-state index in [0.29, 0.717) is 39.1 Å². The van der Waals surface area contributed by atoms with Gasteiger partial charge in [-0.05, 0) is 31.5 Å². The summed E-state index contributed by atoms with van der Waals surface area (Å²) < 4.78 is 7.98. The Morgan fingerprint density at radius 2 is 1.84 bits per heavy atom. The molecule has 0 fully saturated rings. The largest absolute Gasteiger partial charge is 0.458 e. The molecule has 0 unspecified atom stereocenters. The predicted octanol–water partition coefficient (Wildman–Crippen LogP) is 4.18. The molecule has 1 amide bonds. The maximum atomic E-state index is 14.0. The molecule has 1 N–H and O–H groups in total. The fourth-order valence-corrected chi connectivity index (χ4v) is 4.13. The Labute approximate surface area is 213 Å². The van der Waals surface area contributed by atoms with E-state index >= 15 is 0 Å². The zero-order chi connectivity index (χ0) is 25.9. The third kappa shape index (κ3) is 4.75. The fraction of sp³-hybridized carbons (Fsp3) is 0.138. The molecule has 5 aromatic rings. The molecule has 0 radical (unpaired) electrons. The number of carbonyl (C=O) groups excluding carboxylic acids is 1. The van der Waals surface area contributed by atoms with Crippen molar-refractivity contribution < 1.29 is 9.21 Å². The van der Waals surface area contributed by atoms with Gasteiger partial charge in [0.25, 0.3) is 5.91 Å². The minimum absolute atomic E-state index is 0.215. The molecule has 0 spiro atoms. The monoisotopic (exact) mass is 489 g/mol. The molecule has 8 heteroatoms. The van der Waals surface area contributed by atoms with E-state index in [0.717, 1.165) is 5.56 Å². The number of aromatic nitrogens is 4. The first-order chi connectivity index (χ1) is 17.9. The van der Waals surface area contributed by atoms with Crippen LogP contribution in [0.5, 0.6) is 0 Å². The molecule has 37 heavy (non-hydrogen) atoms. The second-order valence-corrected chi connectivity index (χ2v) is 8.55. The van der Waals surface area contributed by atoms with E-state index in [4.69, 9.17) is 4.42 Å². The van der Waals surface area contributed by atoms with Crippen molar-refractivity contribution in [1.82, 2.24) is 25.1 Å². The average molecular weight is 490 g/mol. The SMILES string of the molecule is Cc1nccnc1C(=O)N[C@@H](C)c1oc2cccc(C#Cc3cnn(C)c3)c2c(=O)c1-c1ccccc1. The van der Waals surface area contributed by atoms with Crippen LogP contribution in [-0.2, 0) is 7.05 Å². The molecule has 3 heterocycles. The van der Waals surface area contributed by atoms with Gasteiger partial charge in [0.05, 0.1) is 34.4 Å². The lowest BCUT2D eigenvalue weighted by atomic mass is 9.97. The maximum absolute atomic E-state index is 14.0. The molecule has 5 rings (SSSR count). The Hall–Kier alpha value is -5.03. The van der Waals surface area contributed by atoms with Crippen LogP contribution in [0.25, 0.3) is 22.1 Å². The number of nitrogens with one attached hydrogen (secondary N) is 1. The number of aryl methyl sites for hydroxylation is 2. The molecule has 0 aliphatic rings. The summed E-state index contributed by atoms with van der Waals surface area (Å²) in [6.45, 7) is 3.48. The Kier molecular flexibility index (Phi) is 6.35. The summed E-state index contributed by atoms with van der Waals surface area (Å²) in [6.07, 6.45) is 6.46. The lowest BCUT2D eigenvalue weighted by Gasteiger charge is -2.18. The third-order valence-corrected chi connectivity index (χ3v) is 5.89. The van der Waals surface area contributed by atoms with Gasteiger partial charge in [0.1, 0.15) is 17.0 Å². The molecule has 2 aromatic carbocycles. The standard InChI is InChI=1S/C29H23N5O3/c1-18-26(31-15-14-30-18)29(36)33-19(2)28-25(21-8-5-4-6-9-21)27(35)24-22(10-7-11-23(24)37-28)13-12-20-16-32-34(3)17-20/h4-11,14-17,19H,1-3H3,(H,33,36)/t19-/m0/s1. The van der Waals surface area contributed by atoms with Crippen molar-refractivity contribution >= 4 is 16.9 Å². The van der Waals surface area contributed by atoms with Gasteiger partial charge in [0.2, 0.25) is 5.43 Å². The van der Waals surface area contributed by atoms with Crippen LogP contribution in [0, 0.1) is 18.8 Å². The highest BCUT2D eigenvalue weighted by atomic mass is 16.3. The minimum atomic E-state index is -0.633. The highest BCUT2D eigenvalue weighted by Gasteiger charge is 2.24. The Morgan fingerprint density at radius 3 is 2.57 bits per heavy atom. The van der Waals surface area contributed by atoms with Gasteiger partial charge in [-0.25, -0.2) is 4.98 Å². The topological polar surface area (TPSA) is 103 Å². The van der Waals surface area contributed by atoms with Crippen LogP contribution in [-0.4, -0.2) is 25.7 Å². The van der Waals surface area contributed by atoms with Gasteiger partial charge in [0.15, 0.2) is 0 Å². The minimum Gasteiger partial charge on any atom is -0.458 e. The summed E-state index contributed by atoms with van der Waals surface area (Å²) in [6, 6.07) is 13.9. The van der Waals surface area contributed by atoms with Gasteiger partial charge in [-0.2, -0.15) is 5.10 Å². The second-order valence-electron chi connectivity index (χ2n) is 8.55. The van der Waals surface area contributed by atoms with Crippen LogP contribution in [0.2, 0.25) is 0 Å². The van der Waals surface area contributed by atoms with Crippen molar-refractivity contribution in [3.63, 3.8) is 0 Å². The number of hydrogen-bond acceptors (Lipinski definition) is 6. The summed E-state index contributed by atoms with van der Waals surface area (Å²) >= 11 is 0. The number of hydrogen-bond donors (Lipinski definition) is 1. The molecule has 0 saturated carbocycles. The first-order valence-corrected chi connectivity index (χ1v) is 11.7. The van der Waals surface area contributed by atoms with Gasteiger partial charge in [-0.1, -0.05) is 48.2 Å². The highest BCUT2D eigenvalue weighted by molar-refractivity contribution is 5.94. The molecular weight excluding hydrogens is 466 g/mol. The first-order valence-electron chi connectivity index (χ1n) is 11.7. The zero-order valence-electron chi connectivity index (χ0n) is 20.5. The summed E-state index contributed by atoms with van der Waals surface area (Å²) in [7, 11) is 1.82. The van der Waals surface area contributed by atoms with Gasteiger partial charge >= 0.3 is 0 Å². The maximum Gasteiger partial charge on any atom is 0.272 e. The number of fused-ring (bicyclic) bond motifs is 1. The summed E-state index contributed by atoms with van der Waals surface area (Å²) in [5, 5.41) is 7.42. The van der Waals surface area contributed by atoms with Crippen LogP contribution in [0.15, 0.2) is 82.5 Å². The summed E-state index contributed by atoms with van der Waals surface area (Å²) in [5.74, 6) is 6.10. The van der Waals surface area contributed by atoms with E-state index in [9.17, 15) is 9.59 Å². The summed E-state index contributed by atoms with van der Waals surface area (Å²) in [5.41, 5.74) is 3.21. The van der Waals surface area contributed by atoms with Crippen molar-refractivity contribution in [2.45, 2.75) is 19.9 Å². The number of rotatable bonds is 4. The normalized spacial score (nSPS) is 11.5. The molecule has 0 saturated heterocycles. The number of carbonyl (C=O) groups is 1. The quantitative estimate of drug-likeness (QED) is 0.380. The lowest BCUT2D eigenvalue weighted by molar-refractivity contribution is 0.0929. The molecular formula is C29H23N5O3. The Bertz CT molecular complexity index is 1740. The molecule has 182 valence electrons. The predicted molar refractivity (Wildman–Crippen MR) is 140 cm³/mol. The van der Waals surface area contributed by atoms with E-state index in [-0.39, 0.29) is 11.1 Å². The Morgan fingerprint density at radius 1 is 1.05 bits per heavy atom. The van der Waals surface area contributed by atoms with Crippen LogP contribution >= 0.6 is 0 Å². The smallest absolute Gasteiger partial charge is 0.272 e. The second kappa shape index (κ2) is 9.91. The van der Waals surface area contributed by atoms with Crippen molar-refractivity contribution in [3.05, 3.63) is 112 Å². The van der Waals surface area contributed by atoms with Crippen molar-refractivity contribution in [1.29, 1.82) is 0 Å². The van der Waals surface area contributed by atoms with Crippen molar-refractivity contribution in [2.24, 2.45) is 7.05 Å². The average Bonchev–Trinajstić information content (AvgIpc) is 3.32. The third-order valence-electron chi connectivity index (χ3n) is 5.89. The highest BCUT2D eigenvalue weighted by Crippen LogP contribution is 2.30. The van der Waals surface area contributed by atoms with Crippen LogP contribution in [0.1, 0.15) is 46.0 Å². The van der Waals surface area contributed by atoms with Crippen LogP contribution < -0.4 is 10.7 Å². The van der Waals surface area contributed by atoms with Crippen molar-refractivity contribution in [3.8, 4) is 23.0 Å². The molecule has 1 atom stereocenters. The van der Waals surface area contributed by atoms with Crippen molar-refractivity contribution in [2.75, 3.05) is 0 Å². The molecule has 8 nitrogen and oxygen atoms in total. The lowest BCUT2D eigenvalue weighted by Crippen LogP contribution is -2.29. The van der Waals surface area contributed by atoms with E-state index in [1.165, 1.54) is 12.4 Å². The Balaban J connectivity index is 1.65. The van der Waals surface area contributed by atoms with E-state index < -0.39 is 11.9 Å². The summed E-state index contributed by atoms with van der Waals surface area (Å²) in [4.78, 5) is 35.3. The van der Waals surface area contributed by atoms with Gasteiger partial charge in [0, 0.05) is 31.2 Å². The first kappa shape index (κ1) is 23.7. The number of nitrogens with zero attached hydrogens (tertiary/aromatic N) is 4. The van der Waals surface area contributed by atoms with Gasteiger partial charge < -0.3 is 9.73 Å². The molecule has 0 aliphatic heterocycles. The fourth-order valence-electron chi connectivity index (χ4n) is 4.13. The van der Waals surface area contributed by atoms with E-state index in [1.807, 2.05) is 37.4 Å². The van der Waals surface area contributed by atoms with Gasteiger partial charge in [-0.3, -0.25) is 19.3 Å². The molecule has 0 bridgehead atoms. The molecule has 3 aromatic heterocycles. The van der Waals surface area contributed by atoms with Gasteiger partial charge in [-0.15, -0.1) is 0 Å². The zero-order valence-corrected chi connectivity index (χ0v) is 20.5. The molecule has 0 aliphatic carbocycles. The number of amides is 1.